The number of phenols is 1. The smallest absolute Gasteiger partial charge is 0.251 e. The van der Waals surface area contributed by atoms with Crippen LogP contribution in [0.25, 0.3) is 0 Å². The molecule has 0 aromatic heterocycles. The fraction of sp³-hybridized carbons (Fsp3) is 0.533. The Hall–Kier alpha value is -1.55. The Morgan fingerprint density at radius 1 is 1.32 bits per heavy atom. The first kappa shape index (κ1) is 15.5. The predicted octanol–water partition coefficient (Wildman–Crippen LogP) is 2.23. The summed E-state index contributed by atoms with van der Waals surface area (Å²) < 4.78 is 0. The van der Waals surface area contributed by atoms with E-state index in [1.54, 1.807) is 25.1 Å². The summed E-state index contributed by atoms with van der Waals surface area (Å²) in [6.07, 6.45) is 1.24. The second-order valence-electron chi connectivity index (χ2n) is 4.80. The average Bonchev–Trinajstić information content (AvgIpc) is 2.40. The molecule has 3 N–H and O–H groups in total. The van der Waals surface area contributed by atoms with E-state index >= 15 is 0 Å². The Kier molecular flexibility index (Phi) is 5.83. The lowest BCUT2D eigenvalue weighted by atomic mass is 9.96. The van der Waals surface area contributed by atoms with E-state index in [1.165, 1.54) is 0 Å². The lowest BCUT2D eigenvalue weighted by Crippen LogP contribution is -2.36. The summed E-state index contributed by atoms with van der Waals surface area (Å²) in [6, 6.07) is 4.84. The van der Waals surface area contributed by atoms with E-state index in [9.17, 15) is 15.0 Å². The Labute approximate surface area is 114 Å². The molecule has 0 saturated carbocycles. The first-order valence-corrected chi connectivity index (χ1v) is 6.76. The lowest BCUT2D eigenvalue weighted by molar-refractivity contribution is 0.0816. The molecule has 0 radical (unpaired) electrons. The normalized spacial score (nSPS) is 12.5. The van der Waals surface area contributed by atoms with Gasteiger partial charge in [-0.15, -0.1) is 0 Å². The number of nitrogens with one attached hydrogen (secondary N) is 1. The van der Waals surface area contributed by atoms with E-state index in [2.05, 4.69) is 5.32 Å². The minimum Gasteiger partial charge on any atom is -0.508 e. The Balaban J connectivity index is 2.63. The molecule has 0 spiro atoms. The van der Waals surface area contributed by atoms with E-state index in [-0.39, 0.29) is 24.1 Å². The van der Waals surface area contributed by atoms with Crippen molar-refractivity contribution in [3.05, 3.63) is 29.3 Å². The number of phenolic OH excluding ortho intramolecular Hbond substituents is 1. The number of benzene rings is 1. The van der Waals surface area contributed by atoms with Crippen LogP contribution in [0.3, 0.4) is 0 Å². The van der Waals surface area contributed by atoms with E-state index in [4.69, 9.17) is 0 Å². The summed E-state index contributed by atoms with van der Waals surface area (Å²) in [5.41, 5.74) is 0.994. The molecular weight excluding hydrogens is 242 g/mol. The topological polar surface area (TPSA) is 69.6 Å². The summed E-state index contributed by atoms with van der Waals surface area (Å²) in [4.78, 5) is 12.0. The van der Waals surface area contributed by atoms with E-state index in [1.807, 2.05) is 13.8 Å². The molecule has 106 valence electrons. The average molecular weight is 265 g/mol. The van der Waals surface area contributed by atoms with Crippen molar-refractivity contribution < 1.29 is 15.0 Å². The van der Waals surface area contributed by atoms with Crippen LogP contribution < -0.4 is 5.32 Å². The largest absolute Gasteiger partial charge is 0.508 e. The van der Waals surface area contributed by atoms with Gasteiger partial charge in [-0.2, -0.15) is 0 Å². The zero-order chi connectivity index (χ0) is 14.4. The first-order chi connectivity index (χ1) is 9.01. The number of aliphatic hydroxyl groups is 1. The third-order valence-electron chi connectivity index (χ3n) is 3.61. The van der Waals surface area contributed by atoms with Gasteiger partial charge in [0, 0.05) is 17.7 Å². The van der Waals surface area contributed by atoms with Crippen molar-refractivity contribution in [2.24, 2.45) is 5.92 Å². The number of hydrogen-bond acceptors (Lipinski definition) is 3. The highest BCUT2D eigenvalue weighted by Gasteiger charge is 2.17. The summed E-state index contributed by atoms with van der Waals surface area (Å²) in [5.74, 6) is 0.0390. The highest BCUT2D eigenvalue weighted by Crippen LogP contribution is 2.19. The molecule has 0 aliphatic rings. The van der Waals surface area contributed by atoms with Crippen LogP contribution in [-0.4, -0.2) is 28.8 Å². The second kappa shape index (κ2) is 7.14. The summed E-state index contributed by atoms with van der Waals surface area (Å²) >= 11 is 0. The zero-order valence-corrected chi connectivity index (χ0v) is 11.8. The summed E-state index contributed by atoms with van der Waals surface area (Å²) in [5, 5.41) is 22.2. The SMILES string of the molecule is CCC(CC)C(O)CNC(=O)c1cccc(O)c1C. The highest BCUT2D eigenvalue weighted by atomic mass is 16.3. The van der Waals surface area contributed by atoms with Gasteiger partial charge >= 0.3 is 0 Å². The van der Waals surface area contributed by atoms with E-state index in [0.717, 1.165) is 12.8 Å². The fourth-order valence-electron chi connectivity index (χ4n) is 2.16. The predicted molar refractivity (Wildman–Crippen MR) is 75.3 cm³/mol. The summed E-state index contributed by atoms with van der Waals surface area (Å²) in [7, 11) is 0. The molecule has 1 rings (SSSR count). The molecule has 0 aliphatic carbocycles. The van der Waals surface area contributed by atoms with Crippen LogP contribution in [0, 0.1) is 12.8 Å². The van der Waals surface area contributed by atoms with Gasteiger partial charge in [0.25, 0.3) is 5.91 Å². The quantitative estimate of drug-likeness (QED) is 0.738. The van der Waals surface area contributed by atoms with Crippen LogP contribution in [-0.2, 0) is 0 Å². The standard InChI is InChI=1S/C15H23NO3/c1-4-11(5-2)14(18)9-16-15(19)12-7-6-8-13(17)10(12)3/h6-8,11,14,17-18H,4-5,9H2,1-3H3,(H,16,19). The molecule has 1 amide bonds. The van der Waals surface area contributed by atoms with Crippen LogP contribution >= 0.6 is 0 Å². The molecule has 1 aromatic rings. The van der Waals surface area contributed by atoms with Crippen LogP contribution in [0.2, 0.25) is 0 Å². The van der Waals surface area contributed by atoms with E-state index in [0.29, 0.717) is 11.1 Å². The highest BCUT2D eigenvalue weighted by molar-refractivity contribution is 5.96. The first-order valence-electron chi connectivity index (χ1n) is 6.76. The molecule has 0 bridgehead atoms. The van der Waals surface area contributed by atoms with Crippen LogP contribution in [0.1, 0.15) is 42.6 Å². The number of carbonyl (C=O) groups is 1. The molecule has 0 saturated heterocycles. The minimum absolute atomic E-state index is 0.105. The van der Waals surface area contributed by atoms with Gasteiger partial charge in [-0.25, -0.2) is 0 Å². The number of rotatable bonds is 6. The van der Waals surface area contributed by atoms with Crippen molar-refractivity contribution in [3.8, 4) is 5.75 Å². The van der Waals surface area contributed by atoms with Crippen molar-refractivity contribution in [2.75, 3.05) is 6.54 Å². The molecule has 0 aliphatic heterocycles. The van der Waals surface area contributed by atoms with Crippen molar-refractivity contribution in [2.45, 2.75) is 39.7 Å². The van der Waals surface area contributed by atoms with Crippen molar-refractivity contribution in [1.29, 1.82) is 0 Å². The minimum atomic E-state index is -0.531. The summed E-state index contributed by atoms with van der Waals surface area (Å²) in [6.45, 7) is 5.99. The number of hydrogen-bond donors (Lipinski definition) is 3. The number of carbonyl (C=O) groups excluding carboxylic acids is 1. The van der Waals surface area contributed by atoms with Crippen LogP contribution in [0.4, 0.5) is 0 Å². The van der Waals surface area contributed by atoms with Crippen molar-refractivity contribution in [1.82, 2.24) is 5.32 Å². The van der Waals surface area contributed by atoms with Crippen molar-refractivity contribution >= 4 is 5.91 Å². The maximum absolute atomic E-state index is 12.0. The third-order valence-corrected chi connectivity index (χ3v) is 3.61. The van der Waals surface area contributed by atoms with E-state index < -0.39 is 6.10 Å². The molecular formula is C15H23NO3. The number of aromatic hydroxyl groups is 1. The van der Waals surface area contributed by atoms with Crippen molar-refractivity contribution in [3.63, 3.8) is 0 Å². The second-order valence-corrected chi connectivity index (χ2v) is 4.80. The van der Waals surface area contributed by atoms with Gasteiger partial charge < -0.3 is 15.5 Å². The Morgan fingerprint density at radius 2 is 1.95 bits per heavy atom. The maximum atomic E-state index is 12.0. The molecule has 1 unspecified atom stereocenters. The van der Waals surface area contributed by atoms with Gasteiger partial charge in [-0.3, -0.25) is 4.79 Å². The van der Waals surface area contributed by atoms with Crippen LogP contribution in [0.15, 0.2) is 18.2 Å². The maximum Gasteiger partial charge on any atom is 0.251 e. The molecule has 4 nitrogen and oxygen atoms in total. The van der Waals surface area contributed by atoms with Gasteiger partial charge in [-0.05, 0) is 25.0 Å². The van der Waals surface area contributed by atoms with Gasteiger partial charge in [0.1, 0.15) is 5.75 Å². The third kappa shape index (κ3) is 3.96. The molecule has 1 atom stereocenters. The molecule has 1 aromatic carbocycles. The number of amides is 1. The monoisotopic (exact) mass is 265 g/mol. The van der Waals surface area contributed by atoms with Crippen LogP contribution in [0.5, 0.6) is 5.75 Å². The number of aliphatic hydroxyl groups excluding tert-OH is 1. The molecule has 4 heteroatoms. The Bertz CT molecular complexity index is 427. The Morgan fingerprint density at radius 3 is 2.53 bits per heavy atom. The lowest BCUT2D eigenvalue weighted by Gasteiger charge is -2.20. The fourth-order valence-corrected chi connectivity index (χ4v) is 2.16. The molecule has 0 heterocycles. The van der Waals surface area contributed by atoms with Gasteiger partial charge in [0.05, 0.1) is 6.10 Å². The van der Waals surface area contributed by atoms with Gasteiger partial charge in [0.15, 0.2) is 0 Å². The molecule has 19 heavy (non-hydrogen) atoms. The van der Waals surface area contributed by atoms with Gasteiger partial charge in [0.2, 0.25) is 0 Å². The molecule has 0 fully saturated rings. The van der Waals surface area contributed by atoms with Gasteiger partial charge in [-0.1, -0.05) is 32.8 Å². The zero-order valence-electron chi connectivity index (χ0n) is 11.8.